The van der Waals surface area contributed by atoms with Gasteiger partial charge in [0.15, 0.2) is 0 Å². The summed E-state index contributed by atoms with van der Waals surface area (Å²) in [6.45, 7) is 2.62. The van der Waals surface area contributed by atoms with E-state index < -0.39 is 12.1 Å². The number of pyridine rings is 1. The van der Waals surface area contributed by atoms with Gasteiger partial charge in [-0.25, -0.2) is 0 Å². The molecule has 0 saturated carbocycles. The van der Waals surface area contributed by atoms with Crippen LogP contribution in [0, 0.1) is 5.92 Å². The van der Waals surface area contributed by atoms with Crippen molar-refractivity contribution in [1.29, 1.82) is 0 Å². The summed E-state index contributed by atoms with van der Waals surface area (Å²) in [6, 6.07) is 11.4. The van der Waals surface area contributed by atoms with Gasteiger partial charge >= 0.3 is 0 Å². The number of nitrogens with one attached hydrogen (secondary N) is 1. The Hall–Kier alpha value is -1.95. The lowest BCUT2D eigenvalue weighted by Gasteiger charge is -2.28. The first-order chi connectivity index (χ1) is 14.1. The van der Waals surface area contributed by atoms with E-state index in [1.165, 1.54) is 11.1 Å². The fourth-order valence-electron chi connectivity index (χ4n) is 4.58. The van der Waals surface area contributed by atoms with Gasteiger partial charge in [0.05, 0.1) is 11.7 Å². The Kier molecular flexibility index (Phi) is 6.48. The number of halogens is 1. The average Bonchev–Trinajstić information content (AvgIpc) is 3.35. The molecular formula is C23H28ClN3O2. The number of hydrogen-bond donors (Lipinski definition) is 2. The van der Waals surface area contributed by atoms with E-state index >= 15 is 0 Å². The molecule has 0 radical (unpaired) electrons. The van der Waals surface area contributed by atoms with Gasteiger partial charge in [0.1, 0.15) is 6.10 Å². The molecule has 1 aliphatic carbocycles. The van der Waals surface area contributed by atoms with Crippen molar-refractivity contribution in [3.05, 3.63) is 64.4 Å². The van der Waals surface area contributed by atoms with Gasteiger partial charge in [-0.3, -0.25) is 9.78 Å². The van der Waals surface area contributed by atoms with E-state index in [-0.39, 0.29) is 5.91 Å². The van der Waals surface area contributed by atoms with Crippen LogP contribution in [0.2, 0.25) is 5.02 Å². The molecule has 1 aromatic carbocycles. The Morgan fingerprint density at radius 2 is 1.90 bits per heavy atom. The Labute approximate surface area is 177 Å². The number of aliphatic hydroxyl groups is 1. The van der Waals surface area contributed by atoms with Crippen molar-refractivity contribution >= 4 is 17.5 Å². The largest absolute Gasteiger partial charge is 0.385 e. The summed E-state index contributed by atoms with van der Waals surface area (Å²) in [7, 11) is 0. The summed E-state index contributed by atoms with van der Waals surface area (Å²) >= 11 is 6.08. The fourth-order valence-corrected chi connectivity index (χ4v) is 4.75. The molecule has 6 heteroatoms. The van der Waals surface area contributed by atoms with Gasteiger partial charge in [-0.2, -0.15) is 0 Å². The third-order valence-corrected chi connectivity index (χ3v) is 6.27. The van der Waals surface area contributed by atoms with E-state index in [9.17, 15) is 9.90 Å². The summed E-state index contributed by atoms with van der Waals surface area (Å²) in [6.07, 6.45) is 5.38. The quantitative estimate of drug-likeness (QED) is 0.731. The van der Waals surface area contributed by atoms with Crippen LogP contribution in [0.15, 0.2) is 42.6 Å². The van der Waals surface area contributed by atoms with Gasteiger partial charge in [0, 0.05) is 24.2 Å². The van der Waals surface area contributed by atoms with E-state index in [1.807, 2.05) is 0 Å². The molecule has 1 aromatic heterocycles. The zero-order valence-electron chi connectivity index (χ0n) is 16.6. The molecule has 2 heterocycles. The Bertz CT molecular complexity index is 829. The van der Waals surface area contributed by atoms with E-state index in [1.54, 1.807) is 18.3 Å². The number of carbonyl (C=O) groups is 1. The van der Waals surface area contributed by atoms with Crippen molar-refractivity contribution in [2.24, 2.45) is 5.92 Å². The Morgan fingerprint density at radius 1 is 1.21 bits per heavy atom. The van der Waals surface area contributed by atoms with Gasteiger partial charge in [-0.05, 0) is 68.0 Å². The molecule has 2 atom stereocenters. The number of benzene rings is 1. The van der Waals surface area contributed by atoms with Crippen molar-refractivity contribution in [2.75, 3.05) is 19.6 Å². The minimum absolute atomic E-state index is 0.00641. The molecule has 2 aromatic rings. The molecule has 4 rings (SSSR count). The van der Waals surface area contributed by atoms with Crippen LogP contribution in [0.5, 0.6) is 0 Å². The van der Waals surface area contributed by atoms with Crippen molar-refractivity contribution < 1.29 is 9.90 Å². The molecule has 5 nitrogen and oxygen atoms in total. The van der Waals surface area contributed by atoms with Crippen molar-refractivity contribution in [3.8, 4) is 0 Å². The number of aliphatic hydroxyl groups excluding tert-OH is 1. The zero-order valence-corrected chi connectivity index (χ0v) is 17.3. The number of aromatic nitrogens is 1. The number of amides is 1. The van der Waals surface area contributed by atoms with E-state index in [4.69, 9.17) is 11.6 Å². The Morgan fingerprint density at radius 3 is 2.55 bits per heavy atom. The smallest absolute Gasteiger partial charge is 0.220 e. The maximum atomic E-state index is 12.8. The number of rotatable bonds is 7. The second-order valence-electron chi connectivity index (χ2n) is 8.27. The van der Waals surface area contributed by atoms with Gasteiger partial charge in [-0.15, -0.1) is 0 Å². The first kappa shape index (κ1) is 20.3. The molecule has 2 N–H and O–H groups in total. The molecule has 2 aliphatic rings. The topological polar surface area (TPSA) is 65.5 Å². The molecule has 1 fully saturated rings. The summed E-state index contributed by atoms with van der Waals surface area (Å²) < 4.78 is 0. The van der Waals surface area contributed by atoms with Crippen LogP contribution in [-0.2, 0) is 17.6 Å². The average molecular weight is 414 g/mol. The molecule has 29 heavy (non-hydrogen) atoms. The molecule has 0 unspecified atom stereocenters. The van der Waals surface area contributed by atoms with E-state index in [2.05, 4.69) is 39.5 Å². The van der Waals surface area contributed by atoms with Crippen molar-refractivity contribution in [1.82, 2.24) is 15.2 Å². The first-order valence-electron chi connectivity index (χ1n) is 10.5. The lowest BCUT2D eigenvalue weighted by atomic mass is 10.0. The number of nitrogens with zero attached hydrogens (tertiary/aromatic N) is 2. The van der Waals surface area contributed by atoms with E-state index in [0.29, 0.717) is 29.6 Å². The maximum Gasteiger partial charge on any atom is 0.220 e. The third-order valence-electron chi connectivity index (χ3n) is 6.04. The molecule has 154 valence electrons. The van der Waals surface area contributed by atoms with Crippen LogP contribution >= 0.6 is 11.6 Å². The molecule has 1 amide bonds. The van der Waals surface area contributed by atoms with E-state index in [0.717, 1.165) is 38.8 Å². The van der Waals surface area contributed by atoms with Crippen LogP contribution in [0.3, 0.4) is 0 Å². The Balaban J connectivity index is 1.41. The fraction of sp³-hybridized carbons (Fsp3) is 0.478. The van der Waals surface area contributed by atoms with Crippen LogP contribution in [-0.4, -0.2) is 46.6 Å². The third kappa shape index (κ3) is 5.16. The molecule has 0 spiro atoms. The second-order valence-corrected chi connectivity index (χ2v) is 8.71. The standard InChI is InChI=1S/C23H28ClN3O2/c24-19-7-8-25-20(14-19)23(29)21(15-27-9-3-4-10-27)26-22(28)13-16-11-17-5-1-2-6-18(17)12-16/h1-2,5-8,14,16,21,23,29H,3-4,9-13,15H2,(H,26,28)/t21-,23-/m1/s1. The summed E-state index contributed by atoms with van der Waals surface area (Å²) in [5, 5.41) is 14.6. The number of hydrogen-bond acceptors (Lipinski definition) is 4. The second kappa shape index (κ2) is 9.24. The van der Waals surface area contributed by atoms with Crippen molar-refractivity contribution in [3.63, 3.8) is 0 Å². The highest BCUT2D eigenvalue weighted by atomic mass is 35.5. The summed E-state index contributed by atoms with van der Waals surface area (Å²) in [4.78, 5) is 19.4. The minimum Gasteiger partial charge on any atom is -0.385 e. The lowest BCUT2D eigenvalue weighted by Crippen LogP contribution is -2.47. The van der Waals surface area contributed by atoms with Gasteiger partial charge in [-0.1, -0.05) is 35.9 Å². The van der Waals surface area contributed by atoms with Crippen molar-refractivity contribution in [2.45, 2.75) is 44.2 Å². The zero-order chi connectivity index (χ0) is 20.2. The van der Waals surface area contributed by atoms with Crippen LogP contribution in [0.25, 0.3) is 0 Å². The van der Waals surface area contributed by atoms with Crippen LogP contribution < -0.4 is 5.32 Å². The highest BCUT2D eigenvalue weighted by Crippen LogP contribution is 2.29. The number of likely N-dealkylation sites (tertiary alicyclic amines) is 1. The van der Waals surface area contributed by atoms with Gasteiger partial charge in [0.2, 0.25) is 5.91 Å². The predicted octanol–water partition coefficient (Wildman–Crippen LogP) is 3.15. The molecular weight excluding hydrogens is 386 g/mol. The monoisotopic (exact) mass is 413 g/mol. The number of fused-ring (bicyclic) bond motifs is 1. The number of carbonyl (C=O) groups excluding carboxylic acids is 1. The van der Waals surface area contributed by atoms with Crippen LogP contribution in [0.4, 0.5) is 0 Å². The summed E-state index contributed by atoms with van der Waals surface area (Å²) in [5.41, 5.74) is 3.19. The molecule has 0 bridgehead atoms. The SMILES string of the molecule is O=C(CC1Cc2ccccc2C1)N[C@H](CN1CCCC1)[C@H](O)c1cc(Cl)ccn1. The summed E-state index contributed by atoms with van der Waals surface area (Å²) in [5.74, 6) is 0.314. The van der Waals surface area contributed by atoms with Gasteiger partial charge < -0.3 is 15.3 Å². The minimum atomic E-state index is -0.890. The molecule has 1 aliphatic heterocycles. The lowest BCUT2D eigenvalue weighted by molar-refractivity contribution is -0.123. The van der Waals surface area contributed by atoms with Crippen LogP contribution in [0.1, 0.15) is 42.2 Å². The van der Waals surface area contributed by atoms with Gasteiger partial charge in [0.25, 0.3) is 0 Å². The highest BCUT2D eigenvalue weighted by molar-refractivity contribution is 6.30. The first-order valence-corrected chi connectivity index (χ1v) is 10.8. The normalized spacial score (nSPS) is 19.1. The highest BCUT2D eigenvalue weighted by Gasteiger charge is 2.29. The predicted molar refractivity (Wildman–Crippen MR) is 114 cm³/mol. The molecule has 1 saturated heterocycles. The maximum absolute atomic E-state index is 12.8.